The van der Waals surface area contributed by atoms with E-state index in [4.69, 9.17) is 9.73 Å². The fourth-order valence-corrected chi connectivity index (χ4v) is 3.08. The quantitative estimate of drug-likeness (QED) is 0.360. The number of hydrogen-bond donors (Lipinski definition) is 2. The highest BCUT2D eigenvalue weighted by Gasteiger charge is 2.45. The molecule has 26 heavy (non-hydrogen) atoms. The Morgan fingerprint density at radius 2 is 2.04 bits per heavy atom. The van der Waals surface area contributed by atoms with E-state index in [-0.39, 0.29) is 11.2 Å². The number of aliphatic imine (C=N–C) groups is 1. The third kappa shape index (κ3) is 6.25. The molecule has 146 valence electrons. The lowest BCUT2D eigenvalue weighted by molar-refractivity contribution is 0.180. The van der Waals surface area contributed by atoms with Gasteiger partial charge in [-0.3, -0.25) is 4.99 Å². The Labute approximate surface area is 157 Å². The lowest BCUT2D eigenvalue weighted by Gasteiger charge is -2.19. The van der Waals surface area contributed by atoms with Crippen LogP contribution in [0.1, 0.15) is 31.7 Å². The molecule has 1 fully saturated rings. The van der Waals surface area contributed by atoms with E-state index in [1.165, 1.54) is 0 Å². The lowest BCUT2D eigenvalue weighted by atomic mass is 9.95. The predicted molar refractivity (Wildman–Crippen MR) is 105 cm³/mol. The summed E-state index contributed by atoms with van der Waals surface area (Å²) < 4.78 is 19.2. The number of rotatable bonds is 11. The number of benzene rings is 1. The van der Waals surface area contributed by atoms with Crippen molar-refractivity contribution in [3.63, 3.8) is 0 Å². The van der Waals surface area contributed by atoms with Gasteiger partial charge in [0.05, 0.1) is 6.54 Å². The minimum absolute atomic E-state index is 0.115. The molecule has 6 heteroatoms. The summed E-state index contributed by atoms with van der Waals surface area (Å²) >= 11 is 0. The zero-order valence-corrected chi connectivity index (χ0v) is 16.4. The van der Waals surface area contributed by atoms with Crippen LogP contribution in [0.25, 0.3) is 0 Å². The number of methoxy groups -OCH3 is 1. The van der Waals surface area contributed by atoms with Gasteiger partial charge in [0.15, 0.2) is 5.96 Å². The van der Waals surface area contributed by atoms with E-state index >= 15 is 0 Å². The molecule has 2 N–H and O–H groups in total. The van der Waals surface area contributed by atoms with E-state index in [1.807, 2.05) is 12.1 Å². The van der Waals surface area contributed by atoms with Gasteiger partial charge in [-0.15, -0.1) is 0 Å². The van der Waals surface area contributed by atoms with Crippen LogP contribution in [-0.2, 0) is 10.2 Å². The van der Waals surface area contributed by atoms with Gasteiger partial charge in [0, 0.05) is 45.3 Å². The van der Waals surface area contributed by atoms with Gasteiger partial charge in [-0.05, 0) is 44.9 Å². The first-order valence-electron chi connectivity index (χ1n) is 9.56. The Balaban J connectivity index is 1.84. The number of guanidine groups is 1. The zero-order chi connectivity index (χ0) is 18.8. The maximum absolute atomic E-state index is 14.1. The SMILES string of the molecule is CCNC(=NCC1(c2ccccc2F)CC1)NCCN(C)CCCOC. The molecule has 2 rings (SSSR count). The molecule has 1 saturated carbocycles. The molecule has 0 amide bonds. The fourth-order valence-electron chi connectivity index (χ4n) is 3.08. The van der Waals surface area contributed by atoms with Crippen LogP contribution >= 0.6 is 0 Å². The molecule has 0 heterocycles. The minimum atomic E-state index is -0.120. The Morgan fingerprint density at radius 3 is 2.69 bits per heavy atom. The number of likely N-dealkylation sites (N-methyl/N-ethyl adjacent to an activating group) is 1. The van der Waals surface area contributed by atoms with E-state index in [0.717, 1.165) is 63.6 Å². The number of nitrogens with one attached hydrogen (secondary N) is 2. The van der Waals surface area contributed by atoms with Gasteiger partial charge in [-0.1, -0.05) is 18.2 Å². The molecule has 0 radical (unpaired) electrons. The van der Waals surface area contributed by atoms with Gasteiger partial charge < -0.3 is 20.3 Å². The number of ether oxygens (including phenoxy) is 1. The third-order valence-electron chi connectivity index (χ3n) is 4.86. The van der Waals surface area contributed by atoms with E-state index in [0.29, 0.717) is 6.54 Å². The Bertz CT molecular complexity index is 575. The van der Waals surface area contributed by atoms with Crippen molar-refractivity contribution in [1.82, 2.24) is 15.5 Å². The van der Waals surface area contributed by atoms with E-state index in [1.54, 1.807) is 19.2 Å². The molecule has 0 aliphatic heterocycles. The van der Waals surface area contributed by atoms with Crippen molar-refractivity contribution in [3.8, 4) is 0 Å². The summed E-state index contributed by atoms with van der Waals surface area (Å²) in [6.45, 7) is 7.04. The second-order valence-corrected chi connectivity index (χ2v) is 7.03. The van der Waals surface area contributed by atoms with Crippen molar-refractivity contribution in [2.75, 3.05) is 53.5 Å². The summed E-state index contributed by atoms with van der Waals surface area (Å²) in [6.07, 6.45) is 3.03. The van der Waals surface area contributed by atoms with Crippen LogP contribution in [-0.4, -0.2) is 64.3 Å². The van der Waals surface area contributed by atoms with Crippen LogP contribution in [0, 0.1) is 5.82 Å². The second-order valence-electron chi connectivity index (χ2n) is 7.03. The molecular weight excluding hydrogens is 331 g/mol. The van der Waals surface area contributed by atoms with Crippen LogP contribution in [0.4, 0.5) is 4.39 Å². The first kappa shape index (κ1) is 20.6. The molecule has 0 spiro atoms. The number of halogens is 1. The van der Waals surface area contributed by atoms with Crippen molar-refractivity contribution in [1.29, 1.82) is 0 Å². The van der Waals surface area contributed by atoms with Crippen molar-refractivity contribution in [3.05, 3.63) is 35.6 Å². The van der Waals surface area contributed by atoms with Crippen molar-refractivity contribution >= 4 is 5.96 Å². The molecule has 1 aliphatic carbocycles. The Morgan fingerprint density at radius 1 is 1.27 bits per heavy atom. The standard InChI is InChI=1S/C20H33FN4O/c1-4-22-19(23-12-14-25(2)13-7-15-26-3)24-16-20(10-11-20)17-8-5-6-9-18(17)21/h5-6,8-9H,4,7,10-16H2,1-3H3,(H2,22,23,24). The average Bonchev–Trinajstić information content (AvgIpc) is 3.41. The summed E-state index contributed by atoms with van der Waals surface area (Å²) in [5, 5.41) is 6.66. The molecule has 1 aliphatic rings. The maximum Gasteiger partial charge on any atom is 0.191 e. The normalized spacial score (nSPS) is 16.0. The van der Waals surface area contributed by atoms with Gasteiger partial charge in [-0.2, -0.15) is 0 Å². The Hall–Kier alpha value is -1.66. The summed E-state index contributed by atoms with van der Waals surface area (Å²) in [7, 11) is 3.84. The highest BCUT2D eigenvalue weighted by atomic mass is 19.1. The molecule has 0 atom stereocenters. The average molecular weight is 365 g/mol. The molecule has 1 aromatic carbocycles. The van der Waals surface area contributed by atoms with Crippen molar-refractivity contribution < 1.29 is 9.13 Å². The first-order valence-corrected chi connectivity index (χ1v) is 9.56. The van der Waals surface area contributed by atoms with Gasteiger partial charge >= 0.3 is 0 Å². The summed E-state index contributed by atoms with van der Waals surface area (Å²) in [5.41, 5.74) is 0.683. The summed E-state index contributed by atoms with van der Waals surface area (Å²) in [4.78, 5) is 7.00. The third-order valence-corrected chi connectivity index (χ3v) is 4.86. The van der Waals surface area contributed by atoms with Crippen LogP contribution in [0.3, 0.4) is 0 Å². The molecule has 0 saturated heterocycles. The molecular formula is C20H33FN4O. The van der Waals surface area contributed by atoms with Crippen molar-refractivity contribution in [2.24, 2.45) is 4.99 Å². The van der Waals surface area contributed by atoms with Crippen LogP contribution in [0.5, 0.6) is 0 Å². The smallest absolute Gasteiger partial charge is 0.191 e. The zero-order valence-electron chi connectivity index (χ0n) is 16.4. The monoisotopic (exact) mass is 364 g/mol. The van der Waals surface area contributed by atoms with Crippen LogP contribution in [0.2, 0.25) is 0 Å². The van der Waals surface area contributed by atoms with Crippen molar-refractivity contribution in [2.45, 2.75) is 31.6 Å². The maximum atomic E-state index is 14.1. The first-order chi connectivity index (χ1) is 12.6. The topological polar surface area (TPSA) is 48.9 Å². The van der Waals surface area contributed by atoms with Gasteiger partial charge in [0.25, 0.3) is 0 Å². The van der Waals surface area contributed by atoms with E-state index < -0.39 is 0 Å². The predicted octanol–water partition coefficient (Wildman–Crippen LogP) is 2.38. The van der Waals surface area contributed by atoms with E-state index in [2.05, 4.69) is 29.5 Å². The van der Waals surface area contributed by atoms with Gasteiger partial charge in [-0.25, -0.2) is 4.39 Å². The number of hydrogen-bond acceptors (Lipinski definition) is 3. The van der Waals surface area contributed by atoms with Crippen LogP contribution in [0.15, 0.2) is 29.3 Å². The summed E-state index contributed by atoms with van der Waals surface area (Å²) in [6, 6.07) is 7.09. The summed E-state index contributed by atoms with van der Waals surface area (Å²) in [5.74, 6) is 0.691. The Kier molecular flexibility index (Phi) is 8.32. The molecule has 0 bridgehead atoms. The number of nitrogens with zero attached hydrogens (tertiary/aromatic N) is 2. The molecule has 0 aromatic heterocycles. The fraction of sp³-hybridized carbons (Fsp3) is 0.650. The second kappa shape index (κ2) is 10.5. The van der Waals surface area contributed by atoms with Crippen LogP contribution < -0.4 is 10.6 Å². The lowest BCUT2D eigenvalue weighted by Crippen LogP contribution is -2.41. The highest BCUT2D eigenvalue weighted by molar-refractivity contribution is 5.79. The van der Waals surface area contributed by atoms with E-state index in [9.17, 15) is 4.39 Å². The molecule has 0 unspecified atom stereocenters. The minimum Gasteiger partial charge on any atom is -0.385 e. The molecule has 1 aromatic rings. The van der Waals surface area contributed by atoms with Gasteiger partial charge in [0.2, 0.25) is 0 Å². The molecule has 5 nitrogen and oxygen atoms in total. The largest absolute Gasteiger partial charge is 0.385 e. The highest BCUT2D eigenvalue weighted by Crippen LogP contribution is 2.49. The van der Waals surface area contributed by atoms with Gasteiger partial charge in [0.1, 0.15) is 5.82 Å².